The Bertz CT molecular complexity index is 417. The SMILES string of the molecule is NC1C(O)C(CO)OC(Sc2ccc(Cl)cc2)C1O. The Morgan fingerprint density at radius 2 is 1.84 bits per heavy atom. The monoisotopic (exact) mass is 305 g/mol. The number of rotatable bonds is 3. The topological polar surface area (TPSA) is 95.9 Å². The van der Waals surface area contributed by atoms with Crippen LogP contribution in [-0.4, -0.2) is 51.7 Å². The van der Waals surface area contributed by atoms with Crippen LogP contribution >= 0.6 is 23.4 Å². The third kappa shape index (κ3) is 3.41. The maximum atomic E-state index is 10.00. The first-order valence-electron chi connectivity index (χ1n) is 5.83. The van der Waals surface area contributed by atoms with Gasteiger partial charge in [-0.05, 0) is 24.3 Å². The van der Waals surface area contributed by atoms with Gasteiger partial charge in [-0.2, -0.15) is 0 Å². The summed E-state index contributed by atoms with van der Waals surface area (Å²) >= 11 is 7.07. The summed E-state index contributed by atoms with van der Waals surface area (Å²) in [4.78, 5) is 0.855. The van der Waals surface area contributed by atoms with Crippen LogP contribution in [0.5, 0.6) is 0 Å². The predicted molar refractivity (Wildman–Crippen MR) is 73.0 cm³/mol. The van der Waals surface area contributed by atoms with Crippen LogP contribution in [0.2, 0.25) is 5.02 Å². The van der Waals surface area contributed by atoms with Gasteiger partial charge in [0.25, 0.3) is 0 Å². The van der Waals surface area contributed by atoms with Crippen LogP contribution in [0.3, 0.4) is 0 Å². The highest BCUT2D eigenvalue weighted by molar-refractivity contribution is 7.99. The minimum atomic E-state index is -1.08. The second-order valence-electron chi connectivity index (χ2n) is 4.36. The summed E-state index contributed by atoms with van der Waals surface area (Å²) in [5.74, 6) is 0. The largest absolute Gasteiger partial charge is 0.394 e. The number of ether oxygens (including phenoxy) is 1. The van der Waals surface area contributed by atoms with Crippen LogP contribution in [0.4, 0.5) is 0 Å². The number of hydrogen-bond acceptors (Lipinski definition) is 6. The lowest BCUT2D eigenvalue weighted by molar-refractivity contribution is -0.160. The highest BCUT2D eigenvalue weighted by Gasteiger charge is 2.42. The van der Waals surface area contributed by atoms with Gasteiger partial charge in [-0.1, -0.05) is 23.4 Å². The summed E-state index contributed by atoms with van der Waals surface area (Å²) in [6.45, 7) is -0.348. The van der Waals surface area contributed by atoms with Gasteiger partial charge in [-0.3, -0.25) is 0 Å². The lowest BCUT2D eigenvalue weighted by Gasteiger charge is -2.40. The minimum Gasteiger partial charge on any atom is -0.394 e. The van der Waals surface area contributed by atoms with Gasteiger partial charge in [0, 0.05) is 9.92 Å². The second kappa shape index (κ2) is 6.41. The molecule has 1 aromatic carbocycles. The zero-order valence-corrected chi connectivity index (χ0v) is 11.6. The van der Waals surface area contributed by atoms with Crippen LogP contribution < -0.4 is 5.73 Å². The molecule has 1 fully saturated rings. The van der Waals surface area contributed by atoms with E-state index in [2.05, 4.69) is 0 Å². The Hall–Kier alpha value is -0.340. The van der Waals surface area contributed by atoms with E-state index in [9.17, 15) is 10.2 Å². The third-order valence-electron chi connectivity index (χ3n) is 3.00. The molecular weight excluding hydrogens is 290 g/mol. The van der Waals surface area contributed by atoms with Crippen LogP contribution in [0.1, 0.15) is 0 Å². The van der Waals surface area contributed by atoms with E-state index in [1.54, 1.807) is 24.3 Å². The van der Waals surface area contributed by atoms with E-state index >= 15 is 0 Å². The average molecular weight is 306 g/mol. The Kier molecular flexibility index (Phi) is 5.08. The Morgan fingerprint density at radius 1 is 1.21 bits per heavy atom. The van der Waals surface area contributed by atoms with E-state index in [1.807, 2.05) is 0 Å². The second-order valence-corrected chi connectivity index (χ2v) is 5.96. The molecule has 106 valence electrons. The number of thioether (sulfide) groups is 1. The fourth-order valence-corrected chi connectivity index (χ4v) is 3.07. The van der Waals surface area contributed by atoms with Crippen molar-refractivity contribution in [3.8, 4) is 0 Å². The molecule has 2 rings (SSSR count). The normalized spacial score (nSPS) is 35.3. The van der Waals surface area contributed by atoms with Gasteiger partial charge >= 0.3 is 0 Å². The molecule has 1 aliphatic rings. The van der Waals surface area contributed by atoms with Crippen molar-refractivity contribution in [1.82, 2.24) is 0 Å². The van der Waals surface area contributed by atoms with Gasteiger partial charge in [0.1, 0.15) is 23.7 Å². The van der Waals surface area contributed by atoms with E-state index in [-0.39, 0.29) is 6.61 Å². The minimum absolute atomic E-state index is 0.348. The summed E-state index contributed by atoms with van der Waals surface area (Å²) in [6, 6.07) is 6.21. The fourth-order valence-electron chi connectivity index (χ4n) is 1.86. The van der Waals surface area contributed by atoms with Gasteiger partial charge < -0.3 is 25.8 Å². The summed E-state index contributed by atoms with van der Waals surface area (Å²) in [6.07, 6.45) is -2.89. The van der Waals surface area contributed by atoms with Crippen LogP contribution in [-0.2, 0) is 4.74 Å². The van der Waals surface area contributed by atoms with Gasteiger partial charge in [0.05, 0.1) is 12.6 Å². The molecule has 1 saturated heterocycles. The molecule has 0 spiro atoms. The van der Waals surface area contributed by atoms with E-state index in [1.165, 1.54) is 11.8 Å². The van der Waals surface area contributed by atoms with Crippen molar-refractivity contribution in [2.24, 2.45) is 5.73 Å². The van der Waals surface area contributed by atoms with E-state index in [4.69, 9.17) is 27.2 Å². The molecule has 1 aliphatic heterocycles. The summed E-state index contributed by atoms with van der Waals surface area (Å²) in [5.41, 5.74) is 5.09. The van der Waals surface area contributed by atoms with Crippen molar-refractivity contribution in [3.63, 3.8) is 0 Å². The van der Waals surface area contributed by atoms with Crippen LogP contribution in [0.15, 0.2) is 29.2 Å². The smallest absolute Gasteiger partial charge is 0.135 e. The number of aliphatic hydroxyl groups excluding tert-OH is 3. The molecule has 5 unspecified atom stereocenters. The van der Waals surface area contributed by atoms with E-state index < -0.39 is 29.8 Å². The third-order valence-corrected chi connectivity index (χ3v) is 4.42. The van der Waals surface area contributed by atoms with Crippen molar-refractivity contribution in [2.45, 2.75) is 34.7 Å². The molecule has 0 aliphatic carbocycles. The highest BCUT2D eigenvalue weighted by atomic mass is 35.5. The van der Waals surface area contributed by atoms with Crippen LogP contribution in [0.25, 0.3) is 0 Å². The molecule has 1 heterocycles. The van der Waals surface area contributed by atoms with Crippen molar-refractivity contribution in [3.05, 3.63) is 29.3 Å². The number of aliphatic hydroxyl groups is 3. The quantitative estimate of drug-likeness (QED) is 0.637. The van der Waals surface area contributed by atoms with Crippen LogP contribution in [0, 0.1) is 0 Å². The van der Waals surface area contributed by atoms with Gasteiger partial charge in [-0.15, -0.1) is 0 Å². The Morgan fingerprint density at radius 3 is 2.42 bits per heavy atom. The molecule has 0 bridgehead atoms. The lowest BCUT2D eigenvalue weighted by Crippen LogP contribution is -2.61. The number of halogens is 1. The summed E-state index contributed by atoms with van der Waals surface area (Å²) in [5, 5.41) is 29.5. The van der Waals surface area contributed by atoms with Crippen molar-refractivity contribution in [2.75, 3.05) is 6.61 Å². The van der Waals surface area contributed by atoms with Crippen molar-refractivity contribution < 1.29 is 20.1 Å². The maximum Gasteiger partial charge on any atom is 0.135 e. The molecule has 5 N–H and O–H groups in total. The van der Waals surface area contributed by atoms with Crippen molar-refractivity contribution in [1.29, 1.82) is 0 Å². The molecule has 7 heteroatoms. The van der Waals surface area contributed by atoms with Gasteiger partial charge in [0.2, 0.25) is 0 Å². The van der Waals surface area contributed by atoms with E-state index in [0.717, 1.165) is 4.90 Å². The zero-order chi connectivity index (χ0) is 14.0. The number of nitrogens with two attached hydrogens (primary N) is 1. The molecule has 0 radical (unpaired) electrons. The zero-order valence-electron chi connectivity index (χ0n) is 10.0. The van der Waals surface area contributed by atoms with Gasteiger partial charge in [0.15, 0.2) is 0 Å². The lowest BCUT2D eigenvalue weighted by atomic mass is 9.98. The predicted octanol–water partition coefficient (Wildman–Crippen LogP) is 0.198. The first kappa shape index (κ1) is 15.1. The molecular formula is C12H16ClNO4S. The van der Waals surface area contributed by atoms with Gasteiger partial charge in [-0.25, -0.2) is 0 Å². The Labute approximate surface area is 120 Å². The molecule has 0 saturated carbocycles. The fraction of sp³-hybridized carbons (Fsp3) is 0.500. The molecule has 5 atom stereocenters. The summed E-state index contributed by atoms with van der Waals surface area (Å²) in [7, 11) is 0. The first-order chi connectivity index (χ1) is 9.02. The standard InChI is InChI=1S/C12H16ClNO4S/c13-6-1-3-7(4-2-6)19-12-11(17)9(14)10(16)8(5-15)18-12/h1-4,8-12,15-17H,5,14H2. The van der Waals surface area contributed by atoms with E-state index in [0.29, 0.717) is 5.02 Å². The summed E-state index contributed by atoms with van der Waals surface area (Å²) < 4.78 is 5.46. The maximum absolute atomic E-state index is 10.00. The average Bonchev–Trinajstić information content (AvgIpc) is 2.42. The van der Waals surface area contributed by atoms with Crippen molar-refractivity contribution >= 4 is 23.4 Å². The number of hydrogen-bond donors (Lipinski definition) is 4. The first-order valence-corrected chi connectivity index (χ1v) is 7.09. The Balaban J connectivity index is 2.08. The molecule has 1 aromatic rings. The number of benzene rings is 1. The molecule has 5 nitrogen and oxygen atoms in total. The molecule has 19 heavy (non-hydrogen) atoms. The molecule has 0 aromatic heterocycles. The molecule has 0 amide bonds. The highest BCUT2D eigenvalue weighted by Crippen LogP contribution is 2.33.